The van der Waals surface area contributed by atoms with Crippen molar-refractivity contribution < 1.29 is 23.5 Å². The summed E-state index contributed by atoms with van der Waals surface area (Å²) in [5, 5.41) is 3.00. The third kappa shape index (κ3) is 4.86. The number of esters is 1. The highest BCUT2D eigenvalue weighted by Crippen LogP contribution is 2.27. The molecule has 1 amide bonds. The van der Waals surface area contributed by atoms with Crippen LogP contribution in [0.1, 0.15) is 5.89 Å². The normalized spacial score (nSPS) is 10.9. The molecule has 1 heterocycles. The molecule has 0 aliphatic rings. The van der Waals surface area contributed by atoms with Crippen LogP contribution in [-0.2, 0) is 14.3 Å². The Kier molecular flexibility index (Phi) is 5.73. The zero-order valence-corrected chi connectivity index (χ0v) is 15.0. The summed E-state index contributed by atoms with van der Waals surface area (Å²) in [7, 11) is 1.47. The number of nitrogens with zero attached hydrogens (tertiary/aromatic N) is 1. The third-order valence-electron chi connectivity index (χ3n) is 3.45. The number of hydrogen-bond acceptors (Lipinski definition) is 6. The predicted molar refractivity (Wildman–Crippen MR) is 101 cm³/mol. The second-order valence-electron chi connectivity index (χ2n) is 5.35. The monoisotopic (exact) mass is 386 g/mol. The van der Waals surface area contributed by atoms with Crippen LogP contribution in [0.15, 0.2) is 53.0 Å². The Hall–Kier alpha value is -3.32. The molecule has 0 aliphatic heterocycles. The highest BCUT2D eigenvalue weighted by molar-refractivity contribution is 6.31. The lowest BCUT2D eigenvalue weighted by atomic mass is 10.3. The van der Waals surface area contributed by atoms with E-state index in [1.807, 2.05) is 12.1 Å². The predicted octanol–water partition coefficient (Wildman–Crippen LogP) is 3.68. The van der Waals surface area contributed by atoms with Gasteiger partial charge in [-0.1, -0.05) is 23.7 Å². The van der Waals surface area contributed by atoms with Crippen LogP contribution in [0.2, 0.25) is 5.02 Å². The van der Waals surface area contributed by atoms with Crippen molar-refractivity contribution in [3.05, 3.63) is 59.5 Å². The van der Waals surface area contributed by atoms with E-state index in [9.17, 15) is 9.59 Å². The van der Waals surface area contributed by atoms with E-state index in [0.717, 1.165) is 6.08 Å². The van der Waals surface area contributed by atoms with E-state index < -0.39 is 18.5 Å². The smallest absolute Gasteiger partial charge is 0.331 e. The van der Waals surface area contributed by atoms with Gasteiger partial charge in [-0.25, -0.2) is 9.78 Å². The molecule has 0 saturated heterocycles. The van der Waals surface area contributed by atoms with Gasteiger partial charge in [0.2, 0.25) is 5.89 Å². The molecule has 8 heteroatoms. The van der Waals surface area contributed by atoms with Crippen molar-refractivity contribution >= 4 is 46.3 Å². The number of hydrogen-bond donors (Lipinski definition) is 1. The molecule has 138 valence electrons. The standard InChI is InChI=1S/C19H15ClN2O5/c1-25-15-7-6-12(20)10-14(15)21-17(23)11-26-19(24)9-8-18-22-13-4-2-3-5-16(13)27-18/h2-10H,11H2,1H3,(H,21,23)/b9-8+. The number of carbonyl (C=O) groups is 2. The summed E-state index contributed by atoms with van der Waals surface area (Å²) in [6.45, 7) is -0.466. The summed E-state index contributed by atoms with van der Waals surface area (Å²) in [6, 6.07) is 12.0. The molecule has 0 atom stereocenters. The van der Waals surface area contributed by atoms with Crippen molar-refractivity contribution in [2.45, 2.75) is 0 Å². The first-order valence-electron chi connectivity index (χ1n) is 7.89. The molecule has 0 radical (unpaired) electrons. The first kappa shape index (κ1) is 18.5. The Labute approximate surface area is 159 Å². The number of amides is 1. The van der Waals surface area contributed by atoms with E-state index in [0.29, 0.717) is 27.6 Å². The molecule has 7 nitrogen and oxygen atoms in total. The molecule has 0 unspecified atom stereocenters. The molecule has 0 spiro atoms. The Bertz CT molecular complexity index is 979. The van der Waals surface area contributed by atoms with Crippen molar-refractivity contribution in [2.24, 2.45) is 0 Å². The van der Waals surface area contributed by atoms with Gasteiger partial charge in [-0.2, -0.15) is 0 Å². The number of anilines is 1. The molecule has 1 N–H and O–H groups in total. The van der Waals surface area contributed by atoms with Crippen LogP contribution in [0.3, 0.4) is 0 Å². The van der Waals surface area contributed by atoms with E-state index in [1.54, 1.807) is 24.3 Å². The van der Waals surface area contributed by atoms with Gasteiger partial charge in [0.25, 0.3) is 5.91 Å². The Morgan fingerprint density at radius 1 is 1.26 bits per heavy atom. The van der Waals surface area contributed by atoms with E-state index >= 15 is 0 Å². The van der Waals surface area contributed by atoms with Gasteiger partial charge >= 0.3 is 5.97 Å². The average molecular weight is 387 g/mol. The lowest BCUT2D eigenvalue weighted by Crippen LogP contribution is -2.20. The number of ether oxygens (including phenoxy) is 2. The number of aromatic nitrogens is 1. The third-order valence-corrected chi connectivity index (χ3v) is 3.69. The minimum absolute atomic E-state index is 0.265. The van der Waals surface area contributed by atoms with Crippen molar-refractivity contribution in [3.63, 3.8) is 0 Å². The largest absolute Gasteiger partial charge is 0.495 e. The minimum atomic E-state index is -0.703. The fraction of sp³-hybridized carbons (Fsp3) is 0.105. The second kappa shape index (κ2) is 8.37. The second-order valence-corrected chi connectivity index (χ2v) is 5.79. The number of methoxy groups -OCH3 is 1. The zero-order chi connectivity index (χ0) is 19.2. The molecule has 0 aliphatic carbocycles. The van der Waals surface area contributed by atoms with E-state index in [-0.39, 0.29) is 5.89 Å². The van der Waals surface area contributed by atoms with Crippen molar-refractivity contribution in [1.82, 2.24) is 4.98 Å². The van der Waals surface area contributed by atoms with Crippen molar-refractivity contribution in [1.29, 1.82) is 0 Å². The van der Waals surface area contributed by atoms with Gasteiger partial charge in [-0.3, -0.25) is 4.79 Å². The van der Waals surface area contributed by atoms with Gasteiger partial charge < -0.3 is 19.2 Å². The number of nitrogens with one attached hydrogen (secondary N) is 1. The van der Waals surface area contributed by atoms with Crippen LogP contribution in [0, 0.1) is 0 Å². The van der Waals surface area contributed by atoms with Crippen molar-refractivity contribution in [2.75, 3.05) is 19.0 Å². The van der Waals surface area contributed by atoms with Crippen LogP contribution >= 0.6 is 11.6 Å². The fourth-order valence-electron chi connectivity index (χ4n) is 2.25. The summed E-state index contributed by atoms with van der Waals surface area (Å²) in [5.74, 6) is -0.527. The number of oxazole rings is 1. The molecule has 3 rings (SSSR count). The lowest BCUT2D eigenvalue weighted by molar-refractivity contribution is -0.142. The quantitative estimate of drug-likeness (QED) is 0.513. The molecule has 0 saturated carbocycles. The SMILES string of the molecule is COc1ccc(Cl)cc1NC(=O)COC(=O)/C=C/c1nc2ccccc2o1. The first-order valence-corrected chi connectivity index (χ1v) is 8.27. The Morgan fingerprint density at radius 2 is 2.07 bits per heavy atom. The molecule has 27 heavy (non-hydrogen) atoms. The van der Waals surface area contributed by atoms with E-state index in [4.69, 9.17) is 25.5 Å². The number of halogens is 1. The van der Waals surface area contributed by atoms with Crippen LogP contribution in [0.5, 0.6) is 5.75 Å². The van der Waals surface area contributed by atoms with Gasteiger partial charge in [0.05, 0.1) is 12.8 Å². The summed E-state index contributed by atoms with van der Waals surface area (Å²) >= 11 is 5.90. The number of benzene rings is 2. The van der Waals surface area contributed by atoms with Crippen LogP contribution < -0.4 is 10.1 Å². The molecule has 0 fully saturated rings. The van der Waals surface area contributed by atoms with Crippen LogP contribution in [0.4, 0.5) is 5.69 Å². The van der Waals surface area contributed by atoms with E-state index in [1.165, 1.54) is 19.3 Å². The maximum Gasteiger partial charge on any atom is 0.331 e. The van der Waals surface area contributed by atoms with Crippen LogP contribution in [-0.4, -0.2) is 30.6 Å². The minimum Gasteiger partial charge on any atom is -0.495 e. The molecular weight excluding hydrogens is 372 g/mol. The highest BCUT2D eigenvalue weighted by atomic mass is 35.5. The zero-order valence-electron chi connectivity index (χ0n) is 14.3. The summed E-state index contributed by atoms with van der Waals surface area (Å²) in [6.07, 6.45) is 2.51. The summed E-state index contributed by atoms with van der Waals surface area (Å²) in [4.78, 5) is 27.9. The van der Waals surface area contributed by atoms with Gasteiger partial charge in [-0.05, 0) is 30.3 Å². The molecule has 3 aromatic rings. The first-order chi connectivity index (χ1) is 13.0. The summed E-state index contributed by atoms with van der Waals surface area (Å²) in [5.41, 5.74) is 1.67. The van der Waals surface area contributed by atoms with Gasteiger partial charge in [-0.15, -0.1) is 0 Å². The maximum absolute atomic E-state index is 11.9. The average Bonchev–Trinajstić information content (AvgIpc) is 3.08. The molecule has 1 aromatic heterocycles. The number of fused-ring (bicyclic) bond motifs is 1. The highest BCUT2D eigenvalue weighted by Gasteiger charge is 2.10. The fourth-order valence-corrected chi connectivity index (χ4v) is 2.42. The Balaban J connectivity index is 1.54. The van der Waals surface area contributed by atoms with Gasteiger partial charge in [0.1, 0.15) is 11.3 Å². The Morgan fingerprint density at radius 3 is 2.85 bits per heavy atom. The number of carbonyl (C=O) groups excluding carboxylic acids is 2. The molecule has 0 bridgehead atoms. The number of para-hydroxylation sites is 2. The van der Waals surface area contributed by atoms with Crippen LogP contribution in [0.25, 0.3) is 17.2 Å². The summed E-state index contributed by atoms with van der Waals surface area (Å²) < 4.78 is 15.5. The molecular formula is C19H15ClN2O5. The number of rotatable bonds is 6. The maximum atomic E-state index is 11.9. The lowest BCUT2D eigenvalue weighted by Gasteiger charge is -2.10. The van der Waals surface area contributed by atoms with E-state index in [2.05, 4.69) is 10.3 Å². The molecule has 2 aromatic carbocycles. The van der Waals surface area contributed by atoms with Gasteiger partial charge in [0.15, 0.2) is 12.2 Å². The topological polar surface area (TPSA) is 90.7 Å². The van der Waals surface area contributed by atoms with Crippen molar-refractivity contribution in [3.8, 4) is 5.75 Å². The van der Waals surface area contributed by atoms with Gasteiger partial charge in [0, 0.05) is 17.2 Å².